The van der Waals surface area contributed by atoms with Crippen LogP contribution in [-0.2, 0) is 9.84 Å². The SMILES string of the molecule is CNc1cncc(NC2CCS(=O)(=O)C2)c1. The molecule has 1 saturated heterocycles. The Balaban J connectivity index is 2.04. The lowest BCUT2D eigenvalue weighted by atomic mass is 10.2. The Morgan fingerprint density at radius 1 is 1.38 bits per heavy atom. The van der Waals surface area contributed by atoms with Gasteiger partial charge in [-0.1, -0.05) is 0 Å². The fourth-order valence-corrected chi connectivity index (χ4v) is 3.47. The fourth-order valence-electron chi connectivity index (χ4n) is 1.80. The number of rotatable bonds is 3. The Morgan fingerprint density at radius 2 is 2.12 bits per heavy atom. The second kappa shape index (κ2) is 4.29. The van der Waals surface area contributed by atoms with Crippen LogP contribution in [0.25, 0.3) is 0 Å². The quantitative estimate of drug-likeness (QED) is 0.816. The van der Waals surface area contributed by atoms with Crippen molar-refractivity contribution in [3.8, 4) is 0 Å². The molecule has 2 rings (SSSR count). The minimum atomic E-state index is -2.83. The summed E-state index contributed by atoms with van der Waals surface area (Å²) in [5, 5.41) is 6.18. The number of anilines is 2. The molecule has 0 aromatic carbocycles. The van der Waals surface area contributed by atoms with Gasteiger partial charge in [0.2, 0.25) is 0 Å². The van der Waals surface area contributed by atoms with Crippen LogP contribution < -0.4 is 10.6 Å². The van der Waals surface area contributed by atoms with Crippen LogP contribution in [0.15, 0.2) is 18.5 Å². The lowest BCUT2D eigenvalue weighted by molar-refractivity contribution is 0.602. The van der Waals surface area contributed by atoms with E-state index in [2.05, 4.69) is 15.6 Å². The van der Waals surface area contributed by atoms with Gasteiger partial charge in [0.05, 0.1) is 35.3 Å². The van der Waals surface area contributed by atoms with Crippen LogP contribution in [0.4, 0.5) is 11.4 Å². The maximum absolute atomic E-state index is 11.3. The predicted octanol–water partition coefficient (Wildman–Crippen LogP) is 0.722. The minimum Gasteiger partial charge on any atom is -0.387 e. The highest BCUT2D eigenvalue weighted by Crippen LogP contribution is 2.18. The van der Waals surface area contributed by atoms with E-state index in [9.17, 15) is 8.42 Å². The van der Waals surface area contributed by atoms with Crippen LogP contribution in [0.1, 0.15) is 6.42 Å². The lowest BCUT2D eigenvalue weighted by Gasteiger charge is -2.12. The van der Waals surface area contributed by atoms with Crippen LogP contribution in [-0.4, -0.2) is 38.0 Å². The molecule has 1 aliphatic heterocycles. The molecule has 0 aliphatic carbocycles. The maximum Gasteiger partial charge on any atom is 0.152 e. The first kappa shape index (κ1) is 11.2. The third-order valence-corrected chi connectivity index (χ3v) is 4.40. The number of aromatic nitrogens is 1. The summed E-state index contributed by atoms with van der Waals surface area (Å²) in [5.74, 6) is 0.501. The van der Waals surface area contributed by atoms with E-state index in [0.717, 1.165) is 11.4 Å². The number of hydrogen-bond donors (Lipinski definition) is 2. The van der Waals surface area contributed by atoms with Gasteiger partial charge in [0.1, 0.15) is 0 Å². The molecule has 5 nitrogen and oxygen atoms in total. The van der Waals surface area contributed by atoms with Crippen molar-refractivity contribution in [1.82, 2.24) is 4.98 Å². The van der Waals surface area contributed by atoms with Gasteiger partial charge in [-0.2, -0.15) is 0 Å². The molecule has 1 aromatic heterocycles. The molecule has 6 heteroatoms. The minimum absolute atomic E-state index is 0.0129. The Bertz CT molecular complexity index is 473. The summed E-state index contributed by atoms with van der Waals surface area (Å²) >= 11 is 0. The van der Waals surface area contributed by atoms with Crippen LogP contribution >= 0.6 is 0 Å². The second-order valence-electron chi connectivity index (χ2n) is 3.96. The summed E-state index contributed by atoms with van der Waals surface area (Å²) in [6.07, 6.45) is 4.09. The first-order valence-electron chi connectivity index (χ1n) is 5.19. The van der Waals surface area contributed by atoms with Gasteiger partial charge in [0, 0.05) is 13.1 Å². The van der Waals surface area contributed by atoms with Gasteiger partial charge in [-0.25, -0.2) is 8.42 Å². The van der Waals surface area contributed by atoms with Gasteiger partial charge in [0.25, 0.3) is 0 Å². The molecule has 1 unspecified atom stereocenters. The number of sulfone groups is 1. The number of nitrogens with one attached hydrogen (secondary N) is 2. The Hall–Kier alpha value is -1.30. The zero-order valence-corrected chi connectivity index (χ0v) is 9.92. The van der Waals surface area contributed by atoms with E-state index in [4.69, 9.17) is 0 Å². The van der Waals surface area contributed by atoms with Crippen molar-refractivity contribution in [2.24, 2.45) is 0 Å². The normalized spacial score (nSPS) is 22.9. The highest BCUT2D eigenvalue weighted by Gasteiger charge is 2.27. The van der Waals surface area contributed by atoms with E-state index in [1.807, 2.05) is 13.1 Å². The Labute approximate surface area is 95.2 Å². The van der Waals surface area contributed by atoms with Crippen molar-refractivity contribution in [2.75, 3.05) is 29.2 Å². The third kappa shape index (κ3) is 2.63. The van der Waals surface area contributed by atoms with Crippen LogP contribution in [0.2, 0.25) is 0 Å². The van der Waals surface area contributed by atoms with Gasteiger partial charge >= 0.3 is 0 Å². The summed E-state index contributed by atoms with van der Waals surface area (Å²) in [6, 6.07) is 1.93. The molecule has 1 aromatic rings. The van der Waals surface area contributed by atoms with Gasteiger partial charge in [-0.15, -0.1) is 0 Å². The molecule has 0 spiro atoms. The lowest BCUT2D eigenvalue weighted by Crippen LogP contribution is -2.20. The summed E-state index contributed by atoms with van der Waals surface area (Å²) in [7, 11) is -1.01. The van der Waals surface area contributed by atoms with Crippen molar-refractivity contribution in [3.05, 3.63) is 18.5 Å². The first-order chi connectivity index (χ1) is 7.59. The molecule has 1 aliphatic rings. The highest BCUT2D eigenvalue weighted by atomic mass is 32.2. The molecule has 1 atom stereocenters. The molecule has 0 saturated carbocycles. The number of hydrogen-bond acceptors (Lipinski definition) is 5. The summed E-state index contributed by atoms with van der Waals surface area (Å²) in [5.41, 5.74) is 1.76. The van der Waals surface area contributed by atoms with Crippen molar-refractivity contribution < 1.29 is 8.42 Å². The van der Waals surface area contributed by atoms with Crippen LogP contribution in [0.3, 0.4) is 0 Å². The number of pyridine rings is 1. The molecule has 16 heavy (non-hydrogen) atoms. The summed E-state index contributed by atoms with van der Waals surface area (Å²) in [4.78, 5) is 4.06. The third-order valence-electron chi connectivity index (χ3n) is 2.63. The Morgan fingerprint density at radius 3 is 2.75 bits per heavy atom. The largest absolute Gasteiger partial charge is 0.387 e. The monoisotopic (exact) mass is 241 g/mol. The maximum atomic E-state index is 11.3. The van der Waals surface area contributed by atoms with Crippen LogP contribution in [0.5, 0.6) is 0 Å². The van der Waals surface area contributed by atoms with Gasteiger partial charge in [-0.05, 0) is 12.5 Å². The molecular formula is C10H15N3O2S. The zero-order chi connectivity index (χ0) is 11.6. The average molecular weight is 241 g/mol. The van der Waals surface area contributed by atoms with Crippen molar-refractivity contribution in [1.29, 1.82) is 0 Å². The Kier molecular flexibility index (Phi) is 3.00. The molecule has 0 bridgehead atoms. The predicted molar refractivity (Wildman–Crippen MR) is 64.5 cm³/mol. The van der Waals surface area contributed by atoms with E-state index in [-0.39, 0.29) is 17.5 Å². The van der Waals surface area contributed by atoms with Crippen molar-refractivity contribution in [3.63, 3.8) is 0 Å². The zero-order valence-electron chi connectivity index (χ0n) is 9.10. The number of nitrogens with zero attached hydrogens (tertiary/aromatic N) is 1. The van der Waals surface area contributed by atoms with Gasteiger partial charge in [-0.3, -0.25) is 4.98 Å². The molecule has 2 N–H and O–H groups in total. The molecular weight excluding hydrogens is 226 g/mol. The van der Waals surface area contributed by atoms with E-state index in [1.165, 1.54) is 0 Å². The first-order valence-corrected chi connectivity index (χ1v) is 7.01. The molecule has 88 valence electrons. The van der Waals surface area contributed by atoms with Crippen LogP contribution in [0, 0.1) is 0 Å². The smallest absolute Gasteiger partial charge is 0.152 e. The van der Waals surface area contributed by atoms with Crippen molar-refractivity contribution >= 4 is 21.2 Å². The van der Waals surface area contributed by atoms with Gasteiger partial charge < -0.3 is 10.6 Å². The van der Waals surface area contributed by atoms with Crippen molar-refractivity contribution in [2.45, 2.75) is 12.5 Å². The molecule has 2 heterocycles. The molecule has 1 fully saturated rings. The molecule has 0 amide bonds. The second-order valence-corrected chi connectivity index (χ2v) is 6.19. The fraction of sp³-hybridized carbons (Fsp3) is 0.500. The van der Waals surface area contributed by atoms with E-state index in [0.29, 0.717) is 6.42 Å². The molecule has 0 radical (unpaired) electrons. The van der Waals surface area contributed by atoms with E-state index >= 15 is 0 Å². The highest BCUT2D eigenvalue weighted by molar-refractivity contribution is 7.91. The average Bonchev–Trinajstić information content (AvgIpc) is 2.58. The standard InChI is InChI=1S/C10H15N3O2S/c1-11-9-4-10(6-12-5-9)13-8-2-3-16(14,15)7-8/h4-6,8,11,13H,2-3,7H2,1H3. The van der Waals surface area contributed by atoms with E-state index < -0.39 is 9.84 Å². The van der Waals surface area contributed by atoms with Gasteiger partial charge in [0.15, 0.2) is 9.84 Å². The topological polar surface area (TPSA) is 71.1 Å². The summed E-state index contributed by atoms with van der Waals surface area (Å²) < 4.78 is 22.6. The summed E-state index contributed by atoms with van der Waals surface area (Å²) in [6.45, 7) is 0. The van der Waals surface area contributed by atoms with E-state index in [1.54, 1.807) is 12.4 Å².